The summed E-state index contributed by atoms with van der Waals surface area (Å²) in [6.45, 7) is 0. The molecule has 0 aliphatic heterocycles. The van der Waals surface area contributed by atoms with Gasteiger partial charge < -0.3 is 4.90 Å². The number of hydrogen-bond donors (Lipinski definition) is 0. The number of rotatable bonds is 9. The summed E-state index contributed by atoms with van der Waals surface area (Å²) in [4.78, 5) is 2.43. The lowest BCUT2D eigenvalue weighted by Crippen LogP contribution is -2.29. The third kappa shape index (κ3) is 7.04. The van der Waals surface area contributed by atoms with Crippen LogP contribution in [0.15, 0.2) is 305 Å². The van der Waals surface area contributed by atoms with Gasteiger partial charge >= 0.3 is 0 Å². The fraction of sp³-hybridized carbons (Fsp3) is 0.0400. The Morgan fingerprint density at radius 3 is 0.633 bits per heavy atom. The van der Waals surface area contributed by atoms with Crippen molar-refractivity contribution in [3.63, 3.8) is 0 Å². The zero-order valence-corrected chi connectivity index (χ0v) is 47.6. The van der Waals surface area contributed by atoms with Crippen LogP contribution in [0.3, 0.4) is 0 Å². The molecule has 374 valence electrons. The first-order valence-electron chi connectivity index (χ1n) is 26.9. The minimum Gasteiger partial charge on any atom is -0.311 e. The molecule has 0 unspecified atom stereocenters. The largest absolute Gasteiger partial charge is 0.311 e. The number of halogens is 3. The summed E-state index contributed by atoms with van der Waals surface area (Å²) in [5, 5.41) is 0. The Morgan fingerprint density at radius 2 is 0.418 bits per heavy atom. The van der Waals surface area contributed by atoms with Crippen LogP contribution in [0, 0.1) is 0 Å². The maximum absolute atomic E-state index is 3.88. The first-order valence-corrected chi connectivity index (χ1v) is 29.3. The Balaban J connectivity index is 0.931. The zero-order valence-electron chi connectivity index (χ0n) is 42.8. The molecule has 0 bridgehead atoms. The quantitative estimate of drug-likeness (QED) is 0.139. The summed E-state index contributed by atoms with van der Waals surface area (Å²) in [5.74, 6) is 0. The molecule has 1 nitrogen and oxygen atoms in total. The fourth-order valence-electron chi connectivity index (χ4n) is 14.3. The van der Waals surface area contributed by atoms with Crippen molar-refractivity contribution in [3.8, 4) is 33.4 Å². The van der Waals surface area contributed by atoms with Crippen molar-refractivity contribution in [2.75, 3.05) is 4.90 Å². The van der Waals surface area contributed by atoms with E-state index >= 15 is 0 Å². The Kier molecular flexibility index (Phi) is 11.4. The number of fused-ring (bicyclic) bond motifs is 9. The van der Waals surface area contributed by atoms with E-state index in [1.54, 1.807) is 0 Å². The predicted octanol–water partition coefficient (Wildman–Crippen LogP) is 20.5. The van der Waals surface area contributed by atoms with Crippen LogP contribution in [-0.2, 0) is 16.2 Å². The highest BCUT2D eigenvalue weighted by Crippen LogP contribution is 2.60. The third-order valence-electron chi connectivity index (χ3n) is 17.3. The summed E-state index contributed by atoms with van der Waals surface area (Å²) in [6.07, 6.45) is 0. The van der Waals surface area contributed by atoms with E-state index < -0.39 is 16.2 Å². The van der Waals surface area contributed by atoms with Gasteiger partial charge in [0.1, 0.15) is 0 Å². The second-order valence-corrected chi connectivity index (χ2v) is 23.8. The van der Waals surface area contributed by atoms with Crippen molar-refractivity contribution in [2.45, 2.75) is 16.2 Å². The van der Waals surface area contributed by atoms with Crippen molar-refractivity contribution in [2.24, 2.45) is 0 Å². The smallest absolute Gasteiger partial charge is 0.0713 e. The predicted molar refractivity (Wildman–Crippen MR) is 336 cm³/mol. The molecular weight excluding hydrogens is 1150 g/mol. The van der Waals surface area contributed by atoms with Crippen LogP contribution >= 0.6 is 47.8 Å². The van der Waals surface area contributed by atoms with E-state index in [1.807, 2.05) is 0 Å². The molecule has 0 aromatic heterocycles. The number of benzene rings is 12. The van der Waals surface area contributed by atoms with Crippen LogP contribution in [0.2, 0.25) is 0 Å². The second-order valence-electron chi connectivity index (χ2n) is 21.0. The van der Waals surface area contributed by atoms with Crippen LogP contribution in [0.25, 0.3) is 33.4 Å². The van der Waals surface area contributed by atoms with Crippen LogP contribution in [0.5, 0.6) is 0 Å². The molecule has 0 saturated heterocycles. The van der Waals surface area contributed by atoms with Crippen LogP contribution in [0.1, 0.15) is 66.8 Å². The first-order chi connectivity index (χ1) is 38.9. The Hall–Kier alpha value is -8.12. The van der Waals surface area contributed by atoms with E-state index in [0.29, 0.717) is 0 Å². The average molecular weight is 1200 g/mol. The minimum atomic E-state index is -0.549. The molecule has 3 aliphatic carbocycles. The van der Waals surface area contributed by atoms with Gasteiger partial charge in [-0.3, -0.25) is 0 Å². The van der Waals surface area contributed by atoms with Gasteiger partial charge in [-0.2, -0.15) is 0 Å². The number of anilines is 3. The maximum atomic E-state index is 3.88. The van der Waals surface area contributed by atoms with Crippen LogP contribution in [0.4, 0.5) is 17.1 Å². The van der Waals surface area contributed by atoms with Gasteiger partial charge in [-0.05, 0) is 173 Å². The summed E-state index contributed by atoms with van der Waals surface area (Å²) >= 11 is 11.6. The molecule has 0 heterocycles. The SMILES string of the molecule is Brc1cccc(C2(c3ccc(N(c4ccc(C5(c6cccc(Br)c6)c6ccccc6-c6ccccc65)cc4)c4ccc(C5(c6cccc(Br)c6)c6ccccc6-c6ccccc65)cc4)cc3)c3ccccc3-c3ccccc32)c1. The average Bonchev–Trinajstić information content (AvgIpc) is 4.32. The van der Waals surface area contributed by atoms with Gasteiger partial charge in [0.05, 0.1) is 16.2 Å². The van der Waals surface area contributed by atoms with E-state index in [1.165, 1.54) is 100 Å². The molecule has 3 aliphatic rings. The first kappa shape index (κ1) is 48.0. The maximum Gasteiger partial charge on any atom is 0.0713 e. The van der Waals surface area contributed by atoms with Crippen molar-refractivity contribution in [3.05, 3.63) is 371 Å². The molecule has 0 saturated carbocycles. The molecule has 79 heavy (non-hydrogen) atoms. The minimum absolute atomic E-state index is 0.549. The summed E-state index contributed by atoms with van der Waals surface area (Å²) in [7, 11) is 0. The fourth-order valence-corrected chi connectivity index (χ4v) is 15.5. The van der Waals surface area contributed by atoms with E-state index in [2.05, 4.69) is 344 Å². The van der Waals surface area contributed by atoms with Gasteiger partial charge in [0.2, 0.25) is 0 Å². The zero-order chi connectivity index (χ0) is 52.9. The van der Waals surface area contributed by atoms with Crippen molar-refractivity contribution in [1.29, 1.82) is 0 Å². The molecular formula is C75H48Br3N. The molecule has 15 rings (SSSR count). The molecule has 4 heteroatoms. The normalized spacial score (nSPS) is 14.3. The van der Waals surface area contributed by atoms with Crippen molar-refractivity contribution >= 4 is 64.9 Å². The Morgan fingerprint density at radius 1 is 0.203 bits per heavy atom. The summed E-state index contributed by atoms with van der Waals surface area (Å²) in [5.41, 5.74) is 24.2. The molecule has 0 spiro atoms. The van der Waals surface area contributed by atoms with Crippen LogP contribution in [-0.4, -0.2) is 0 Å². The highest BCUT2D eigenvalue weighted by atomic mass is 79.9. The van der Waals surface area contributed by atoms with Gasteiger partial charge in [-0.15, -0.1) is 0 Å². The van der Waals surface area contributed by atoms with Crippen molar-refractivity contribution < 1.29 is 0 Å². The van der Waals surface area contributed by atoms with Gasteiger partial charge in [0, 0.05) is 30.5 Å². The number of nitrogens with zero attached hydrogens (tertiary/aromatic N) is 1. The third-order valence-corrected chi connectivity index (χ3v) is 18.8. The van der Waals surface area contributed by atoms with Gasteiger partial charge in [-0.1, -0.05) is 266 Å². The van der Waals surface area contributed by atoms with Crippen LogP contribution < -0.4 is 4.90 Å². The second kappa shape index (κ2) is 18.8. The molecule has 0 fully saturated rings. The summed E-state index contributed by atoms with van der Waals surface area (Å²) in [6, 6.07) is 109. The monoisotopic (exact) mass is 1200 g/mol. The Labute approximate surface area is 486 Å². The van der Waals surface area contributed by atoms with E-state index in [-0.39, 0.29) is 0 Å². The lowest BCUT2D eigenvalue weighted by molar-refractivity contribution is 0.767. The molecule has 0 radical (unpaired) electrons. The molecule has 12 aromatic carbocycles. The molecule has 0 N–H and O–H groups in total. The van der Waals surface area contributed by atoms with Gasteiger partial charge in [0.25, 0.3) is 0 Å². The van der Waals surface area contributed by atoms with E-state index in [0.717, 1.165) is 30.5 Å². The standard InChI is InChI=1S/C75H48Br3N/c76-55-19-13-16-52(46-55)73(67-28-7-1-22-61(67)62-23-2-8-29-68(62)73)49-34-40-58(41-35-49)79(59-42-36-50(37-43-59)74(53-17-14-20-56(77)47-53)69-30-9-3-24-63(69)64-25-4-10-31-70(64)74)60-44-38-51(39-45-60)75(54-18-15-21-57(78)48-54)71-32-11-5-26-65(71)66-27-6-12-33-72(66)75/h1-48H. The lowest BCUT2D eigenvalue weighted by atomic mass is 9.67. The lowest BCUT2D eigenvalue weighted by Gasteiger charge is -2.36. The molecule has 12 aromatic rings. The molecule has 0 atom stereocenters. The number of hydrogen-bond acceptors (Lipinski definition) is 1. The van der Waals surface area contributed by atoms with Gasteiger partial charge in [-0.25, -0.2) is 0 Å². The van der Waals surface area contributed by atoms with E-state index in [4.69, 9.17) is 0 Å². The van der Waals surface area contributed by atoms with Gasteiger partial charge in [0.15, 0.2) is 0 Å². The topological polar surface area (TPSA) is 3.24 Å². The summed E-state index contributed by atoms with van der Waals surface area (Å²) < 4.78 is 3.16. The van der Waals surface area contributed by atoms with Crippen molar-refractivity contribution in [1.82, 2.24) is 0 Å². The molecule has 0 amide bonds. The van der Waals surface area contributed by atoms with E-state index in [9.17, 15) is 0 Å². The highest BCUT2D eigenvalue weighted by molar-refractivity contribution is 9.11. The highest BCUT2D eigenvalue weighted by Gasteiger charge is 2.49. The Bertz CT molecular complexity index is 3780.